The summed E-state index contributed by atoms with van der Waals surface area (Å²) < 4.78 is 11.7. The number of phenols is 1. The van der Waals surface area contributed by atoms with Crippen molar-refractivity contribution in [2.45, 2.75) is 56.3 Å². The van der Waals surface area contributed by atoms with Gasteiger partial charge in [-0.2, -0.15) is 0 Å². The Kier molecular flexibility index (Phi) is 6.07. The fourth-order valence-corrected chi connectivity index (χ4v) is 4.77. The van der Waals surface area contributed by atoms with E-state index >= 15 is 0 Å². The van der Waals surface area contributed by atoms with E-state index in [0.29, 0.717) is 25.3 Å². The number of nitrogens with two attached hydrogens (primary N) is 1. The third kappa shape index (κ3) is 4.28. The van der Waals surface area contributed by atoms with Crippen molar-refractivity contribution in [2.24, 2.45) is 5.84 Å². The topological polar surface area (TPSA) is 151 Å². The molecule has 0 radical (unpaired) electrons. The summed E-state index contributed by atoms with van der Waals surface area (Å²) in [5.74, 6) is 4.71. The number of carbonyl (C=O) groups is 3. The molecule has 0 aromatic heterocycles. The second-order valence-corrected chi connectivity index (χ2v) is 8.46. The molecule has 3 aliphatic rings. The van der Waals surface area contributed by atoms with Gasteiger partial charge in [0.1, 0.15) is 18.8 Å². The normalized spacial score (nSPS) is 25.8. The number of hydrogen-bond donors (Lipinski definition) is 4. The first-order valence-electron chi connectivity index (χ1n) is 10.7. The van der Waals surface area contributed by atoms with Crippen LogP contribution in [0.4, 0.5) is 0 Å². The average Bonchev–Trinajstić information content (AvgIpc) is 3.01. The van der Waals surface area contributed by atoms with Crippen molar-refractivity contribution in [3.8, 4) is 11.5 Å². The number of carboxylic acids is 1. The summed E-state index contributed by atoms with van der Waals surface area (Å²) in [4.78, 5) is 34.2. The number of carbonyl (C=O) groups excluding carboxylic acids is 2. The van der Waals surface area contributed by atoms with Gasteiger partial charge in [0.15, 0.2) is 11.5 Å². The maximum absolute atomic E-state index is 12.3. The first-order chi connectivity index (χ1) is 15.3. The lowest BCUT2D eigenvalue weighted by Crippen LogP contribution is -2.44. The zero-order valence-electron chi connectivity index (χ0n) is 17.6. The number of ether oxygens (including phenoxy) is 2. The van der Waals surface area contributed by atoms with Crippen molar-refractivity contribution in [1.82, 2.24) is 10.3 Å². The molecule has 0 saturated heterocycles. The van der Waals surface area contributed by atoms with E-state index in [4.69, 9.17) is 20.4 Å². The lowest BCUT2D eigenvalue weighted by atomic mass is 9.69. The number of amides is 1. The molecule has 2 aliphatic heterocycles. The minimum absolute atomic E-state index is 0.0463. The van der Waals surface area contributed by atoms with Crippen LogP contribution in [0.1, 0.15) is 43.2 Å². The van der Waals surface area contributed by atoms with E-state index in [1.54, 1.807) is 11.1 Å². The second kappa shape index (κ2) is 8.79. The molecule has 3 atom stereocenters. The fourth-order valence-electron chi connectivity index (χ4n) is 4.77. The Hall–Kier alpha value is -3.11. The van der Waals surface area contributed by atoms with Crippen molar-refractivity contribution in [2.75, 3.05) is 13.1 Å². The number of hydrazine groups is 1. The Bertz CT molecular complexity index is 963. The van der Waals surface area contributed by atoms with Crippen LogP contribution in [0.5, 0.6) is 11.5 Å². The molecule has 1 amide bonds. The summed E-state index contributed by atoms with van der Waals surface area (Å²) in [6.07, 6.45) is 4.65. The molecule has 32 heavy (non-hydrogen) atoms. The fraction of sp³-hybridized carbons (Fsp3) is 0.500. The molecule has 10 nitrogen and oxygen atoms in total. The van der Waals surface area contributed by atoms with Gasteiger partial charge in [-0.3, -0.25) is 20.2 Å². The van der Waals surface area contributed by atoms with E-state index in [1.165, 1.54) is 0 Å². The molecule has 10 heteroatoms. The van der Waals surface area contributed by atoms with E-state index in [2.05, 4.69) is 5.32 Å². The second-order valence-electron chi connectivity index (χ2n) is 8.46. The molecule has 0 saturated carbocycles. The maximum atomic E-state index is 12.3. The standard InChI is InChI=1S/C22H27N3O7/c23-25-9-8-22-7-6-14(31-19(30)3-1-2-17(27)24-11-18(28)29)10-16(22)32-21-15(26)5-4-13(12-25)20(21)22/h4-7,14,16,26H,1-3,8-12,23H2,(H,24,27)(H,28,29). The first kappa shape index (κ1) is 22.1. The van der Waals surface area contributed by atoms with Crippen LogP contribution in [0.25, 0.3) is 0 Å². The number of hydrogen-bond acceptors (Lipinski definition) is 8. The van der Waals surface area contributed by atoms with Crippen molar-refractivity contribution in [3.63, 3.8) is 0 Å². The Morgan fingerprint density at radius 1 is 1.31 bits per heavy atom. The monoisotopic (exact) mass is 445 g/mol. The van der Waals surface area contributed by atoms with Crippen LogP contribution in [0.2, 0.25) is 0 Å². The SMILES string of the molecule is NN1CCC23C=CC(OC(=O)CCCC(=O)NCC(=O)O)CC2Oc2c(O)ccc(c23)C1. The number of aliphatic carboxylic acids is 1. The number of rotatable bonds is 7. The third-order valence-corrected chi connectivity index (χ3v) is 6.27. The minimum Gasteiger partial charge on any atom is -0.504 e. The molecule has 2 heterocycles. The van der Waals surface area contributed by atoms with Gasteiger partial charge in [-0.05, 0) is 30.5 Å². The summed E-state index contributed by atoms with van der Waals surface area (Å²) in [6.45, 7) is 0.779. The van der Waals surface area contributed by atoms with E-state index in [9.17, 15) is 19.5 Å². The molecule has 1 aliphatic carbocycles. The summed E-state index contributed by atoms with van der Waals surface area (Å²) in [6, 6.07) is 3.49. The highest BCUT2D eigenvalue weighted by Gasteiger charge is 2.53. The molecule has 1 spiro atoms. The van der Waals surface area contributed by atoms with Gasteiger partial charge in [-0.15, -0.1) is 0 Å². The summed E-state index contributed by atoms with van der Waals surface area (Å²) in [5.41, 5.74) is 1.55. The van der Waals surface area contributed by atoms with Crippen molar-refractivity contribution in [1.29, 1.82) is 0 Å². The maximum Gasteiger partial charge on any atom is 0.322 e. The quantitative estimate of drug-likeness (QED) is 0.270. The zero-order valence-corrected chi connectivity index (χ0v) is 17.6. The molecule has 1 aromatic rings. The predicted molar refractivity (Wildman–Crippen MR) is 112 cm³/mol. The van der Waals surface area contributed by atoms with Crippen LogP contribution in [0.15, 0.2) is 24.3 Å². The molecule has 5 N–H and O–H groups in total. The van der Waals surface area contributed by atoms with Gasteiger partial charge in [0.25, 0.3) is 0 Å². The summed E-state index contributed by atoms with van der Waals surface area (Å²) in [5, 5.41) is 22.9. The molecular formula is C22H27N3O7. The highest BCUT2D eigenvalue weighted by atomic mass is 16.5. The number of nitrogens with one attached hydrogen (secondary N) is 1. The Morgan fingerprint density at radius 3 is 2.91 bits per heavy atom. The van der Waals surface area contributed by atoms with Gasteiger partial charge in [0.2, 0.25) is 5.91 Å². The van der Waals surface area contributed by atoms with Crippen LogP contribution in [0.3, 0.4) is 0 Å². The van der Waals surface area contributed by atoms with Crippen molar-refractivity contribution in [3.05, 3.63) is 35.4 Å². The number of carboxylic acid groups (broad SMARTS) is 1. The van der Waals surface area contributed by atoms with Crippen LogP contribution in [-0.4, -0.2) is 58.4 Å². The number of phenolic OH excluding ortho intramolecular Hbond substituents is 1. The Labute approximate surface area is 184 Å². The van der Waals surface area contributed by atoms with Crippen LogP contribution < -0.4 is 15.9 Å². The zero-order chi connectivity index (χ0) is 22.9. The third-order valence-electron chi connectivity index (χ3n) is 6.27. The van der Waals surface area contributed by atoms with Gasteiger partial charge in [0.05, 0.1) is 5.41 Å². The molecule has 1 aromatic carbocycles. The Balaban J connectivity index is 1.38. The number of aromatic hydroxyl groups is 1. The van der Waals surface area contributed by atoms with E-state index in [-0.39, 0.29) is 31.1 Å². The van der Waals surface area contributed by atoms with Gasteiger partial charge in [0, 0.05) is 37.9 Å². The smallest absolute Gasteiger partial charge is 0.322 e. The van der Waals surface area contributed by atoms with E-state index in [0.717, 1.165) is 17.5 Å². The van der Waals surface area contributed by atoms with Crippen molar-refractivity contribution < 1.29 is 34.1 Å². The van der Waals surface area contributed by atoms with Crippen LogP contribution in [0, 0.1) is 0 Å². The molecular weight excluding hydrogens is 418 g/mol. The van der Waals surface area contributed by atoms with Crippen LogP contribution >= 0.6 is 0 Å². The molecule has 172 valence electrons. The van der Waals surface area contributed by atoms with E-state index in [1.807, 2.05) is 18.2 Å². The lowest BCUT2D eigenvalue weighted by molar-refractivity contribution is -0.148. The minimum atomic E-state index is -1.12. The summed E-state index contributed by atoms with van der Waals surface area (Å²) in [7, 11) is 0. The highest BCUT2D eigenvalue weighted by molar-refractivity contribution is 5.81. The van der Waals surface area contributed by atoms with Crippen LogP contribution in [-0.2, 0) is 31.1 Å². The lowest BCUT2D eigenvalue weighted by Gasteiger charge is -2.36. The van der Waals surface area contributed by atoms with Gasteiger partial charge in [-0.1, -0.05) is 12.1 Å². The average molecular weight is 445 g/mol. The number of esters is 1. The van der Waals surface area contributed by atoms with E-state index < -0.39 is 35.9 Å². The van der Waals surface area contributed by atoms with Gasteiger partial charge >= 0.3 is 11.9 Å². The molecule has 0 fully saturated rings. The highest BCUT2D eigenvalue weighted by Crippen LogP contribution is 2.55. The first-order valence-corrected chi connectivity index (χ1v) is 10.7. The largest absolute Gasteiger partial charge is 0.504 e. The molecule has 0 bridgehead atoms. The molecule has 4 rings (SSSR count). The van der Waals surface area contributed by atoms with Crippen molar-refractivity contribution >= 4 is 17.8 Å². The predicted octanol–water partition coefficient (Wildman–Crippen LogP) is 0.713. The molecule has 3 unspecified atom stereocenters. The Morgan fingerprint density at radius 2 is 2.12 bits per heavy atom. The summed E-state index contributed by atoms with van der Waals surface area (Å²) >= 11 is 0. The number of nitrogens with zero attached hydrogens (tertiary/aromatic N) is 1. The number of benzene rings is 1. The van der Waals surface area contributed by atoms with Gasteiger partial charge in [-0.25, -0.2) is 5.01 Å². The van der Waals surface area contributed by atoms with Gasteiger partial charge < -0.3 is 25.0 Å².